The van der Waals surface area contributed by atoms with Crippen LogP contribution in [0, 0.1) is 0 Å². The number of ether oxygens (including phenoxy) is 2. The van der Waals surface area contributed by atoms with Crippen LogP contribution in [0.4, 0.5) is 0 Å². The zero-order chi connectivity index (χ0) is 19.8. The molecule has 0 bridgehead atoms. The highest BCUT2D eigenvalue weighted by Gasteiger charge is 2.23. The molecule has 2 aromatic carbocycles. The minimum Gasteiger partial charge on any atom is -0.466 e. The van der Waals surface area contributed by atoms with Gasteiger partial charge in [0.15, 0.2) is 12.4 Å². The van der Waals surface area contributed by atoms with Crippen molar-refractivity contribution in [3.63, 3.8) is 0 Å². The number of rotatable bonds is 8. The highest BCUT2D eigenvalue weighted by atomic mass is 16.5. The van der Waals surface area contributed by atoms with Crippen LogP contribution in [-0.2, 0) is 4.74 Å². The number of benzene rings is 2. The Labute approximate surface area is 161 Å². The van der Waals surface area contributed by atoms with Crippen molar-refractivity contribution >= 4 is 18.0 Å². The Hall–Kier alpha value is -3.81. The topological polar surface area (TPSA) is 95.7 Å². The number of Topliss-reactive ketones (excluding diaryl/α,β-unsaturated/α-hetero) is 1. The van der Waals surface area contributed by atoms with Crippen molar-refractivity contribution in [3.8, 4) is 5.88 Å². The first-order valence-electron chi connectivity index (χ1n) is 8.62. The average molecular weight is 378 g/mol. The maximum absolute atomic E-state index is 12.3. The van der Waals surface area contributed by atoms with Crippen molar-refractivity contribution in [1.82, 2.24) is 15.1 Å². The smallest absolute Gasteiger partial charge is 0.364 e. The van der Waals surface area contributed by atoms with Crippen molar-refractivity contribution in [2.45, 2.75) is 6.92 Å². The van der Waals surface area contributed by atoms with Crippen molar-refractivity contribution in [2.75, 3.05) is 13.2 Å². The van der Waals surface area contributed by atoms with Gasteiger partial charge in [0.2, 0.25) is 5.69 Å². The molecule has 0 fully saturated rings. The van der Waals surface area contributed by atoms with Crippen LogP contribution in [0.25, 0.3) is 0 Å². The molecule has 0 N–H and O–H groups in total. The SMILES string of the molecule is CCOC(=O)c1nnn(/N=C\c2ccccc2)c1OCC(=O)c1ccccc1. The lowest BCUT2D eigenvalue weighted by molar-refractivity contribution is 0.0512. The standard InChI is InChI=1S/C20H18N4O4/c1-2-27-20(26)18-19(28-14-17(25)16-11-7-4-8-12-16)24(23-22-18)21-13-15-9-5-3-6-10-15/h3-13H,2,14H2,1H3/b21-13-. The molecular weight excluding hydrogens is 360 g/mol. The third-order valence-corrected chi connectivity index (χ3v) is 3.63. The zero-order valence-electron chi connectivity index (χ0n) is 15.2. The van der Waals surface area contributed by atoms with Gasteiger partial charge >= 0.3 is 5.97 Å². The first-order chi connectivity index (χ1) is 13.7. The second kappa shape index (κ2) is 9.22. The van der Waals surface area contributed by atoms with Gasteiger partial charge in [0.1, 0.15) is 0 Å². The Morgan fingerprint density at radius 3 is 2.43 bits per heavy atom. The fourth-order valence-electron chi connectivity index (χ4n) is 2.30. The van der Waals surface area contributed by atoms with Gasteiger partial charge in [0, 0.05) is 5.56 Å². The molecule has 0 unspecified atom stereocenters. The highest BCUT2D eigenvalue weighted by molar-refractivity contribution is 5.97. The van der Waals surface area contributed by atoms with E-state index in [2.05, 4.69) is 15.4 Å². The molecule has 0 saturated carbocycles. The zero-order valence-corrected chi connectivity index (χ0v) is 15.2. The Bertz CT molecular complexity index is 968. The van der Waals surface area contributed by atoms with E-state index in [-0.39, 0.29) is 30.6 Å². The lowest BCUT2D eigenvalue weighted by Crippen LogP contribution is -2.15. The monoisotopic (exact) mass is 378 g/mol. The molecule has 0 aliphatic heterocycles. The molecule has 0 saturated heterocycles. The third-order valence-electron chi connectivity index (χ3n) is 3.63. The number of hydrogen-bond acceptors (Lipinski definition) is 7. The van der Waals surface area contributed by atoms with Gasteiger partial charge in [0.05, 0.1) is 12.8 Å². The molecule has 3 aromatic rings. The maximum atomic E-state index is 12.3. The van der Waals surface area contributed by atoms with Crippen molar-refractivity contribution in [1.29, 1.82) is 0 Å². The predicted octanol–water partition coefficient (Wildman–Crippen LogP) is 2.60. The Morgan fingerprint density at radius 1 is 1.07 bits per heavy atom. The fourth-order valence-corrected chi connectivity index (χ4v) is 2.30. The number of nitrogens with zero attached hydrogens (tertiary/aromatic N) is 4. The fraction of sp³-hybridized carbons (Fsp3) is 0.150. The summed E-state index contributed by atoms with van der Waals surface area (Å²) in [4.78, 5) is 25.5. The quantitative estimate of drug-likeness (QED) is 0.340. The Morgan fingerprint density at radius 2 is 1.75 bits per heavy atom. The lowest BCUT2D eigenvalue weighted by Gasteiger charge is -2.06. The van der Waals surface area contributed by atoms with Crippen LogP contribution >= 0.6 is 0 Å². The molecular formula is C20H18N4O4. The predicted molar refractivity (Wildman–Crippen MR) is 102 cm³/mol. The minimum atomic E-state index is -0.703. The van der Waals surface area contributed by atoms with E-state index >= 15 is 0 Å². The summed E-state index contributed by atoms with van der Waals surface area (Å²) >= 11 is 0. The van der Waals surface area contributed by atoms with Gasteiger partial charge in [-0.2, -0.15) is 5.10 Å². The molecule has 142 valence electrons. The molecule has 28 heavy (non-hydrogen) atoms. The van der Waals surface area contributed by atoms with Crippen LogP contribution in [0.3, 0.4) is 0 Å². The number of aromatic nitrogens is 3. The van der Waals surface area contributed by atoms with Gasteiger partial charge in [-0.05, 0) is 17.7 Å². The lowest BCUT2D eigenvalue weighted by atomic mass is 10.1. The summed E-state index contributed by atoms with van der Waals surface area (Å²) in [6, 6.07) is 18.0. The van der Waals surface area contributed by atoms with Gasteiger partial charge in [-0.1, -0.05) is 65.5 Å². The van der Waals surface area contributed by atoms with Crippen LogP contribution in [0.2, 0.25) is 0 Å². The molecule has 3 rings (SSSR count). The van der Waals surface area contributed by atoms with Crippen LogP contribution in [-0.4, -0.2) is 46.3 Å². The Balaban J connectivity index is 1.83. The summed E-state index contributed by atoms with van der Waals surface area (Å²) in [6.45, 7) is 1.54. The maximum Gasteiger partial charge on any atom is 0.364 e. The largest absolute Gasteiger partial charge is 0.466 e. The van der Waals surface area contributed by atoms with Gasteiger partial charge in [0.25, 0.3) is 5.88 Å². The molecule has 8 heteroatoms. The van der Waals surface area contributed by atoms with E-state index in [1.165, 1.54) is 6.21 Å². The molecule has 8 nitrogen and oxygen atoms in total. The summed E-state index contributed by atoms with van der Waals surface area (Å²) < 4.78 is 10.5. The van der Waals surface area contributed by atoms with Crippen LogP contribution in [0.15, 0.2) is 65.8 Å². The highest BCUT2D eigenvalue weighted by Crippen LogP contribution is 2.17. The normalized spacial score (nSPS) is 10.8. The van der Waals surface area contributed by atoms with Crippen molar-refractivity contribution in [3.05, 3.63) is 77.5 Å². The van der Waals surface area contributed by atoms with Gasteiger partial charge < -0.3 is 9.47 Å². The van der Waals surface area contributed by atoms with E-state index in [1.807, 2.05) is 36.4 Å². The van der Waals surface area contributed by atoms with Gasteiger partial charge in [-0.25, -0.2) is 4.79 Å². The van der Waals surface area contributed by atoms with Gasteiger partial charge in [-0.15, -0.1) is 5.10 Å². The second-order valence-corrected chi connectivity index (χ2v) is 5.59. The van der Waals surface area contributed by atoms with E-state index in [1.54, 1.807) is 31.2 Å². The molecule has 0 amide bonds. The Kier molecular flexibility index (Phi) is 6.25. The summed E-state index contributed by atoms with van der Waals surface area (Å²) in [5.41, 5.74) is 1.17. The van der Waals surface area contributed by atoms with Crippen LogP contribution in [0.5, 0.6) is 5.88 Å². The third kappa shape index (κ3) is 4.67. The van der Waals surface area contributed by atoms with Crippen molar-refractivity contribution < 1.29 is 19.1 Å². The summed E-state index contributed by atoms with van der Waals surface area (Å²) in [7, 11) is 0. The first-order valence-corrected chi connectivity index (χ1v) is 8.62. The summed E-state index contributed by atoms with van der Waals surface area (Å²) in [6.07, 6.45) is 1.54. The average Bonchev–Trinajstić information content (AvgIpc) is 3.15. The second-order valence-electron chi connectivity index (χ2n) is 5.59. The van der Waals surface area contributed by atoms with E-state index in [0.717, 1.165) is 10.4 Å². The number of carbonyl (C=O) groups excluding carboxylic acids is 2. The first kappa shape index (κ1) is 19.0. The van der Waals surface area contributed by atoms with Crippen LogP contribution in [0.1, 0.15) is 33.3 Å². The molecule has 0 atom stereocenters. The van der Waals surface area contributed by atoms with E-state index in [0.29, 0.717) is 5.56 Å². The molecule has 0 aliphatic carbocycles. The number of hydrogen-bond donors (Lipinski definition) is 0. The minimum absolute atomic E-state index is 0.0603. The molecule has 1 heterocycles. The van der Waals surface area contributed by atoms with Gasteiger partial charge in [-0.3, -0.25) is 4.79 Å². The number of carbonyl (C=O) groups is 2. The molecule has 0 radical (unpaired) electrons. The number of esters is 1. The van der Waals surface area contributed by atoms with Crippen molar-refractivity contribution in [2.24, 2.45) is 5.10 Å². The summed E-state index contributed by atoms with van der Waals surface area (Å²) in [5.74, 6) is -1.02. The van der Waals surface area contributed by atoms with E-state index in [4.69, 9.17) is 9.47 Å². The molecule has 0 aliphatic rings. The summed E-state index contributed by atoms with van der Waals surface area (Å²) in [5, 5.41) is 11.8. The van der Waals surface area contributed by atoms with E-state index < -0.39 is 5.97 Å². The van der Waals surface area contributed by atoms with E-state index in [9.17, 15) is 9.59 Å². The van der Waals surface area contributed by atoms with Crippen LogP contribution < -0.4 is 4.74 Å². The number of ketones is 1. The molecule has 1 aromatic heterocycles. The molecule has 0 spiro atoms.